The quantitative estimate of drug-likeness (QED) is 0.675. The highest BCUT2D eigenvalue weighted by Crippen LogP contribution is 2.26. The SMILES string of the molecule is NNc1ccc(Cl)c(CN2CCc3sccc3C2)n1. The van der Waals surface area contributed by atoms with Gasteiger partial charge in [-0.15, -0.1) is 11.3 Å². The van der Waals surface area contributed by atoms with Gasteiger partial charge in [0.05, 0.1) is 10.7 Å². The minimum absolute atomic E-state index is 0.646. The van der Waals surface area contributed by atoms with E-state index in [2.05, 4.69) is 26.8 Å². The maximum absolute atomic E-state index is 6.20. The van der Waals surface area contributed by atoms with Crippen LogP contribution in [0, 0.1) is 0 Å². The number of halogens is 1. The van der Waals surface area contributed by atoms with E-state index < -0.39 is 0 Å². The number of anilines is 1. The van der Waals surface area contributed by atoms with Crippen LogP contribution in [0.4, 0.5) is 5.82 Å². The molecule has 0 fully saturated rings. The molecule has 19 heavy (non-hydrogen) atoms. The van der Waals surface area contributed by atoms with Gasteiger partial charge in [-0.25, -0.2) is 10.8 Å². The first kappa shape index (κ1) is 12.9. The lowest BCUT2D eigenvalue weighted by molar-refractivity contribution is 0.245. The summed E-state index contributed by atoms with van der Waals surface area (Å²) < 4.78 is 0. The molecule has 100 valence electrons. The normalized spacial score (nSPS) is 15.3. The third-order valence-electron chi connectivity index (χ3n) is 3.33. The topological polar surface area (TPSA) is 54.2 Å². The molecular weight excluding hydrogens is 280 g/mol. The number of nitrogens with two attached hydrogens (primary N) is 1. The van der Waals surface area contributed by atoms with Crippen molar-refractivity contribution in [3.8, 4) is 0 Å². The van der Waals surface area contributed by atoms with Crippen molar-refractivity contribution in [1.29, 1.82) is 0 Å². The van der Waals surface area contributed by atoms with Crippen molar-refractivity contribution in [1.82, 2.24) is 9.88 Å². The lowest BCUT2D eigenvalue weighted by Gasteiger charge is -2.26. The third-order valence-corrected chi connectivity index (χ3v) is 4.69. The van der Waals surface area contributed by atoms with Crippen LogP contribution in [0.25, 0.3) is 0 Å². The second-order valence-corrected chi connectivity index (χ2v) is 6.01. The number of hydrazine groups is 1. The van der Waals surface area contributed by atoms with Crippen LogP contribution in [0.2, 0.25) is 5.02 Å². The van der Waals surface area contributed by atoms with Gasteiger partial charge >= 0.3 is 0 Å². The van der Waals surface area contributed by atoms with E-state index in [4.69, 9.17) is 17.4 Å². The summed E-state index contributed by atoms with van der Waals surface area (Å²) in [6.07, 6.45) is 1.11. The van der Waals surface area contributed by atoms with Crippen LogP contribution in [0.5, 0.6) is 0 Å². The van der Waals surface area contributed by atoms with E-state index in [0.717, 1.165) is 31.7 Å². The van der Waals surface area contributed by atoms with Crippen LogP contribution in [-0.2, 0) is 19.5 Å². The highest BCUT2D eigenvalue weighted by Gasteiger charge is 2.18. The second kappa shape index (κ2) is 5.46. The van der Waals surface area contributed by atoms with Crippen molar-refractivity contribution in [2.24, 2.45) is 5.84 Å². The molecule has 0 amide bonds. The number of nitrogens with zero attached hydrogens (tertiary/aromatic N) is 2. The molecule has 0 aliphatic carbocycles. The van der Waals surface area contributed by atoms with Gasteiger partial charge in [-0.3, -0.25) is 4.90 Å². The van der Waals surface area contributed by atoms with Crippen LogP contribution < -0.4 is 11.3 Å². The molecule has 4 nitrogen and oxygen atoms in total. The van der Waals surface area contributed by atoms with E-state index in [1.807, 2.05) is 17.4 Å². The molecule has 3 rings (SSSR count). The smallest absolute Gasteiger partial charge is 0.140 e. The number of hydrogen-bond donors (Lipinski definition) is 2. The summed E-state index contributed by atoms with van der Waals surface area (Å²) in [6, 6.07) is 5.82. The van der Waals surface area contributed by atoms with Gasteiger partial charge in [-0.2, -0.15) is 0 Å². The fourth-order valence-electron chi connectivity index (χ4n) is 2.33. The predicted octanol–water partition coefficient (Wildman–Crippen LogP) is 2.64. The molecule has 1 aliphatic rings. The second-order valence-electron chi connectivity index (χ2n) is 4.60. The van der Waals surface area contributed by atoms with E-state index in [-0.39, 0.29) is 0 Å². The molecule has 0 unspecified atom stereocenters. The Morgan fingerprint density at radius 2 is 2.32 bits per heavy atom. The van der Waals surface area contributed by atoms with Crippen LogP contribution >= 0.6 is 22.9 Å². The average molecular weight is 295 g/mol. The molecule has 0 saturated heterocycles. The summed E-state index contributed by atoms with van der Waals surface area (Å²) in [5.41, 5.74) is 4.86. The summed E-state index contributed by atoms with van der Waals surface area (Å²) in [7, 11) is 0. The standard InChI is InChI=1S/C13H15ClN4S/c14-10-1-2-13(17-15)16-11(10)8-18-5-3-12-9(7-18)4-6-19-12/h1-2,4,6H,3,5,7-8,15H2,(H,16,17). The maximum atomic E-state index is 6.20. The van der Waals surface area contributed by atoms with Gasteiger partial charge in [0.1, 0.15) is 5.82 Å². The van der Waals surface area contributed by atoms with Crippen molar-refractivity contribution >= 4 is 28.8 Å². The van der Waals surface area contributed by atoms with Crippen molar-refractivity contribution < 1.29 is 0 Å². The summed E-state index contributed by atoms with van der Waals surface area (Å²) in [5, 5.41) is 2.85. The minimum Gasteiger partial charge on any atom is -0.308 e. The number of nitrogen functional groups attached to an aromatic ring is 1. The van der Waals surface area contributed by atoms with Crippen LogP contribution in [-0.4, -0.2) is 16.4 Å². The number of pyridine rings is 1. The highest BCUT2D eigenvalue weighted by molar-refractivity contribution is 7.10. The first-order valence-corrected chi connectivity index (χ1v) is 7.41. The first-order valence-electron chi connectivity index (χ1n) is 6.16. The zero-order valence-electron chi connectivity index (χ0n) is 10.4. The number of fused-ring (bicyclic) bond motifs is 1. The Hall–Kier alpha value is -1.14. The Bertz CT molecular complexity index is 584. The molecule has 0 bridgehead atoms. The molecule has 0 radical (unpaired) electrons. The maximum Gasteiger partial charge on any atom is 0.140 e. The van der Waals surface area contributed by atoms with Crippen molar-refractivity contribution in [3.05, 3.63) is 44.7 Å². The van der Waals surface area contributed by atoms with Gasteiger partial charge in [0.2, 0.25) is 0 Å². The number of aromatic nitrogens is 1. The Kier molecular flexibility index (Phi) is 3.70. The fraction of sp³-hybridized carbons (Fsp3) is 0.308. The fourth-order valence-corrected chi connectivity index (χ4v) is 3.38. The van der Waals surface area contributed by atoms with Crippen LogP contribution in [0.3, 0.4) is 0 Å². The molecular formula is C13H15ClN4S. The zero-order chi connectivity index (χ0) is 13.2. The Morgan fingerprint density at radius 1 is 1.42 bits per heavy atom. The van der Waals surface area contributed by atoms with Crippen molar-refractivity contribution in [3.63, 3.8) is 0 Å². The molecule has 6 heteroatoms. The largest absolute Gasteiger partial charge is 0.308 e. The van der Waals surface area contributed by atoms with E-state index >= 15 is 0 Å². The molecule has 2 aromatic heterocycles. The molecule has 2 aromatic rings. The van der Waals surface area contributed by atoms with Crippen LogP contribution in [0.1, 0.15) is 16.1 Å². The third kappa shape index (κ3) is 2.74. The molecule has 1 aliphatic heterocycles. The van der Waals surface area contributed by atoms with E-state index in [1.54, 1.807) is 6.07 Å². The molecule has 3 N–H and O–H groups in total. The van der Waals surface area contributed by atoms with Gasteiger partial charge in [0, 0.05) is 24.5 Å². The molecule has 0 atom stereocenters. The monoisotopic (exact) mass is 294 g/mol. The molecule has 0 saturated carbocycles. The van der Waals surface area contributed by atoms with Gasteiger partial charge in [-0.1, -0.05) is 11.6 Å². The van der Waals surface area contributed by atoms with E-state index in [1.165, 1.54) is 10.4 Å². The Morgan fingerprint density at radius 3 is 3.16 bits per heavy atom. The van der Waals surface area contributed by atoms with Crippen molar-refractivity contribution in [2.75, 3.05) is 12.0 Å². The summed E-state index contributed by atoms with van der Waals surface area (Å²) >= 11 is 8.04. The Labute approximate surface area is 121 Å². The van der Waals surface area contributed by atoms with Crippen LogP contribution in [0.15, 0.2) is 23.6 Å². The first-order chi connectivity index (χ1) is 9.26. The van der Waals surface area contributed by atoms with E-state index in [9.17, 15) is 0 Å². The number of rotatable bonds is 3. The summed E-state index contributed by atoms with van der Waals surface area (Å²) in [6.45, 7) is 2.77. The highest BCUT2D eigenvalue weighted by atomic mass is 35.5. The van der Waals surface area contributed by atoms with Gasteiger partial charge in [-0.05, 0) is 35.6 Å². The predicted molar refractivity (Wildman–Crippen MR) is 79.2 cm³/mol. The van der Waals surface area contributed by atoms with E-state index in [0.29, 0.717) is 10.8 Å². The average Bonchev–Trinajstić information content (AvgIpc) is 2.89. The van der Waals surface area contributed by atoms with Gasteiger partial charge < -0.3 is 5.43 Å². The number of hydrogen-bond acceptors (Lipinski definition) is 5. The van der Waals surface area contributed by atoms with Gasteiger partial charge in [0.25, 0.3) is 0 Å². The molecule has 0 spiro atoms. The lowest BCUT2D eigenvalue weighted by atomic mass is 10.1. The van der Waals surface area contributed by atoms with Gasteiger partial charge in [0.15, 0.2) is 0 Å². The van der Waals surface area contributed by atoms with Crippen molar-refractivity contribution in [2.45, 2.75) is 19.5 Å². The lowest BCUT2D eigenvalue weighted by Crippen LogP contribution is -2.29. The Balaban J connectivity index is 1.76. The summed E-state index contributed by atoms with van der Waals surface area (Å²) in [5.74, 6) is 6.03. The number of thiophene rings is 1. The molecule has 3 heterocycles. The molecule has 0 aromatic carbocycles. The zero-order valence-corrected chi connectivity index (χ0v) is 12.0. The minimum atomic E-state index is 0.646. The summed E-state index contributed by atoms with van der Waals surface area (Å²) in [4.78, 5) is 8.29. The number of nitrogens with one attached hydrogen (secondary N) is 1.